The van der Waals surface area contributed by atoms with E-state index in [-0.39, 0.29) is 23.9 Å². The molecule has 2 atom stereocenters. The molecule has 20 heavy (non-hydrogen) atoms. The number of nitrogens with one attached hydrogen (secondary N) is 1. The van der Waals surface area contributed by atoms with E-state index in [1.165, 1.54) is 12.8 Å². The maximum absolute atomic E-state index is 12.9. The first-order chi connectivity index (χ1) is 9.52. The van der Waals surface area contributed by atoms with Crippen LogP contribution in [0.4, 0.5) is 0 Å². The monoisotopic (exact) mass is 280 g/mol. The van der Waals surface area contributed by atoms with E-state index < -0.39 is 5.54 Å². The summed E-state index contributed by atoms with van der Waals surface area (Å²) in [6.45, 7) is 6.12. The lowest BCUT2D eigenvalue weighted by Gasteiger charge is -2.46. The highest BCUT2D eigenvalue weighted by atomic mass is 16.2. The van der Waals surface area contributed by atoms with Crippen LogP contribution in [0.3, 0.4) is 0 Å². The number of carbonyl (C=O) groups excluding carboxylic acids is 2. The van der Waals surface area contributed by atoms with Gasteiger partial charge in [-0.05, 0) is 33.1 Å². The van der Waals surface area contributed by atoms with Gasteiger partial charge in [0.2, 0.25) is 11.8 Å². The fourth-order valence-electron chi connectivity index (χ4n) is 3.67. The van der Waals surface area contributed by atoms with Gasteiger partial charge in [0.15, 0.2) is 0 Å². The van der Waals surface area contributed by atoms with E-state index in [1.807, 2.05) is 11.8 Å². The lowest BCUT2D eigenvalue weighted by atomic mass is 9.89. The highest BCUT2D eigenvalue weighted by molar-refractivity contribution is 6.00. The van der Waals surface area contributed by atoms with Crippen molar-refractivity contribution in [3.63, 3.8) is 0 Å². The van der Waals surface area contributed by atoms with Crippen molar-refractivity contribution >= 4 is 11.8 Å². The van der Waals surface area contributed by atoms with E-state index in [1.54, 1.807) is 0 Å². The van der Waals surface area contributed by atoms with Crippen molar-refractivity contribution in [3.05, 3.63) is 0 Å². The third-order valence-electron chi connectivity index (χ3n) is 4.96. The molecule has 2 amide bonds. The quantitative estimate of drug-likeness (QED) is 0.787. The minimum absolute atomic E-state index is 0.0221. The van der Waals surface area contributed by atoms with E-state index in [0.29, 0.717) is 0 Å². The maximum atomic E-state index is 12.9. The second-order valence-corrected chi connectivity index (χ2v) is 6.51. The molecular weight excluding hydrogens is 252 g/mol. The molecule has 1 aliphatic heterocycles. The van der Waals surface area contributed by atoms with Crippen molar-refractivity contribution < 1.29 is 9.59 Å². The second kappa shape index (κ2) is 6.15. The van der Waals surface area contributed by atoms with E-state index in [9.17, 15) is 9.59 Å². The Kier molecular flexibility index (Phi) is 4.71. The fourth-order valence-corrected chi connectivity index (χ4v) is 3.67. The van der Waals surface area contributed by atoms with Gasteiger partial charge in [0.1, 0.15) is 11.6 Å². The Labute approximate surface area is 122 Å². The minimum atomic E-state index is -0.581. The van der Waals surface area contributed by atoms with Gasteiger partial charge in [-0.3, -0.25) is 9.59 Å². The van der Waals surface area contributed by atoms with Crippen molar-refractivity contribution in [3.8, 4) is 0 Å². The average Bonchev–Trinajstić information content (AvgIpc) is 2.87. The summed E-state index contributed by atoms with van der Waals surface area (Å²) in [5.74, 6) is 0.180. The minimum Gasteiger partial charge on any atom is -0.340 e. The molecule has 1 aliphatic carbocycles. The number of carbonyl (C=O) groups is 2. The summed E-state index contributed by atoms with van der Waals surface area (Å²) in [7, 11) is 0. The molecule has 0 aromatic heterocycles. The van der Waals surface area contributed by atoms with Gasteiger partial charge in [-0.15, -0.1) is 0 Å². The first-order valence-corrected chi connectivity index (χ1v) is 8.16. The van der Waals surface area contributed by atoms with E-state index in [2.05, 4.69) is 19.2 Å². The van der Waals surface area contributed by atoms with Crippen molar-refractivity contribution in [2.45, 2.75) is 89.8 Å². The van der Waals surface area contributed by atoms with Crippen LogP contribution in [0.25, 0.3) is 0 Å². The fraction of sp³-hybridized carbons (Fsp3) is 0.875. The van der Waals surface area contributed by atoms with Crippen LogP contribution in [0.5, 0.6) is 0 Å². The van der Waals surface area contributed by atoms with Crippen LogP contribution in [0.2, 0.25) is 0 Å². The lowest BCUT2D eigenvalue weighted by Crippen LogP contribution is -2.70. The Morgan fingerprint density at radius 3 is 2.55 bits per heavy atom. The Morgan fingerprint density at radius 1 is 1.30 bits per heavy atom. The van der Waals surface area contributed by atoms with Crippen LogP contribution < -0.4 is 5.32 Å². The molecule has 0 aromatic carbocycles. The van der Waals surface area contributed by atoms with Crippen LogP contribution >= 0.6 is 0 Å². The molecule has 1 N–H and O–H groups in total. The van der Waals surface area contributed by atoms with Crippen molar-refractivity contribution in [1.29, 1.82) is 0 Å². The normalized spacial score (nSPS) is 26.9. The van der Waals surface area contributed by atoms with E-state index in [4.69, 9.17) is 0 Å². The van der Waals surface area contributed by atoms with Crippen molar-refractivity contribution in [1.82, 2.24) is 10.2 Å². The first-order valence-electron chi connectivity index (χ1n) is 8.16. The first kappa shape index (κ1) is 15.3. The number of nitrogens with zero attached hydrogens (tertiary/aromatic N) is 1. The number of hydrogen-bond acceptors (Lipinski definition) is 2. The topological polar surface area (TPSA) is 49.4 Å². The third-order valence-corrected chi connectivity index (χ3v) is 4.96. The maximum Gasteiger partial charge on any atom is 0.249 e. The Bertz CT molecular complexity index is 375. The smallest absolute Gasteiger partial charge is 0.249 e. The zero-order valence-electron chi connectivity index (χ0n) is 13.1. The van der Waals surface area contributed by atoms with Crippen LogP contribution in [-0.2, 0) is 9.59 Å². The summed E-state index contributed by atoms with van der Waals surface area (Å²) in [6.07, 6.45) is 8.19. The molecule has 114 valence electrons. The SMILES string of the molecule is CCCCCC(C)N1C(=O)C2(CCCC2)NC(=O)C1C. The molecule has 2 unspecified atom stereocenters. The van der Waals surface area contributed by atoms with E-state index >= 15 is 0 Å². The van der Waals surface area contributed by atoms with Gasteiger partial charge in [-0.25, -0.2) is 0 Å². The van der Waals surface area contributed by atoms with Crippen LogP contribution in [0.15, 0.2) is 0 Å². The van der Waals surface area contributed by atoms with Gasteiger partial charge in [0, 0.05) is 6.04 Å². The molecule has 2 fully saturated rings. The predicted molar refractivity (Wildman–Crippen MR) is 79.3 cm³/mol. The van der Waals surface area contributed by atoms with Gasteiger partial charge in [0.05, 0.1) is 0 Å². The molecule has 0 aromatic rings. The highest BCUT2D eigenvalue weighted by Gasteiger charge is 2.51. The van der Waals surface area contributed by atoms with Crippen LogP contribution in [0, 0.1) is 0 Å². The molecule has 1 saturated carbocycles. The molecular formula is C16H28N2O2. The zero-order valence-corrected chi connectivity index (χ0v) is 13.1. The Morgan fingerprint density at radius 2 is 1.95 bits per heavy atom. The largest absolute Gasteiger partial charge is 0.340 e. The summed E-state index contributed by atoms with van der Waals surface area (Å²) in [5.41, 5.74) is -0.581. The summed E-state index contributed by atoms with van der Waals surface area (Å²) in [5, 5.41) is 3.01. The van der Waals surface area contributed by atoms with Gasteiger partial charge in [-0.2, -0.15) is 0 Å². The van der Waals surface area contributed by atoms with Crippen molar-refractivity contribution in [2.24, 2.45) is 0 Å². The third kappa shape index (κ3) is 2.70. The van der Waals surface area contributed by atoms with Gasteiger partial charge < -0.3 is 10.2 Å². The van der Waals surface area contributed by atoms with Crippen LogP contribution in [-0.4, -0.2) is 34.3 Å². The Hall–Kier alpha value is -1.06. The summed E-state index contributed by atoms with van der Waals surface area (Å²) < 4.78 is 0. The molecule has 0 radical (unpaired) electrons. The number of unbranched alkanes of at least 4 members (excludes halogenated alkanes) is 2. The lowest BCUT2D eigenvalue weighted by molar-refractivity contribution is -0.156. The zero-order chi connectivity index (χ0) is 14.8. The van der Waals surface area contributed by atoms with Gasteiger partial charge in [0.25, 0.3) is 0 Å². The van der Waals surface area contributed by atoms with E-state index in [0.717, 1.165) is 38.5 Å². The highest BCUT2D eigenvalue weighted by Crippen LogP contribution is 2.35. The molecule has 4 nitrogen and oxygen atoms in total. The molecule has 4 heteroatoms. The molecule has 1 heterocycles. The summed E-state index contributed by atoms with van der Waals surface area (Å²) in [6, 6.07) is -0.169. The predicted octanol–water partition coefficient (Wildman–Crippen LogP) is 2.61. The number of rotatable bonds is 5. The number of hydrogen-bond donors (Lipinski definition) is 1. The summed E-state index contributed by atoms with van der Waals surface area (Å²) >= 11 is 0. The molecule has 0 bridgehead atoms. The molecule has 2 aliphatic rings. The summed E-state index contributed by atoms with van der Waals surface area (Å²) in [4.78, 5) is 27.0. The molecule has 2 rings (SSSR count). The average molecular weight is 280 g/mol. The number of piperazine rings is 1. The van der Waals surface area contributed by atoms with Gasteiger partial charge in [-0.1, -0.05) is 39.0 Å². The molecule has 1 spiro atoms. The van der Waals surface area contributed by atoms with Gasteiger partial charge >= 0.3 is 0 Å². The van der Waals surface area contributed by atoms with Crippen molar-refractivity contribution in [2.75, 3.05) is 0 Å². The second-order valence-electron chi connectivity index (χ2n) is 6.51. The molecule has 1 saturated heterocycles. The standard InChI is InChI=1S/C16H28N2O2/c1-4-5-6-9-12(2)18-13(3)14(19)17-16(15(18)20)10-7-8-11-16/h12-13H,4-11H2,1-3H3,(H,17,19). The Balaban J connectivity index is 2.11. The number of amides is 2. The van der Waals surface area contributed by atoms with Crippen LogP contribution in [0.1, 0.15) is 72.1 Å².